The van der Waals surface area contributed by atoms with E-state index >= 15 is 0 Å². The van der Waals surface area contributed by atoms with Gasteiger partial charge in [0.05, 0.1) is 5.69 Å². The minimum absolute atomic E-state index is 0.182. The number of nitrogens with zero attached hydrogens (tertiary/aromatic N) is 5. The van der Waals surface area contributed by atoms with Crippen LogP contribution >= 0.6 is 0 Å². The number of aryl methyl sites for hydroxylation is 1. The largest absolute Gasteiger partial charge is 0.482 e. The lowest BCUT2D eigenvalue weighted by molar-refractivity contribution is 0.227. The van der Waals surface area contributed by atoms with E-state index in [1.807, 2.05) is 0 Å². The summed E-state index contributed by atoms with van der Waals surface area (Å²) in [5.41, 5.74) is 17.2. The molecule has 0 saturated carbocycles. The predicted molar refractivity (Wildman–Crippen MR) is 120 cm³/mol. The molecule has 32 heavy (non-hydrogen) atoms. The molecule has 3 heterocycles. The molecular weight excluding hydrogens is 409 g/mol. The van der Waals surface area contributed by atoms with Crippen molar-refractivity contribution in [1.29, 1.82) is 5.26 Å². The van der Waals surface area contributed by atoms with Crippen molar-refractivity contribution >= 4 is 17.7 Å². The average molecular weight is 431 g/mol. The number of halogens is 1. The van der Waals surface area contributed by atoms with Crippen LogP contribution in [0.4, 0.5) is 10.2 Å². The van der Waals surface area contributed by atoms with Crippen LogP contribution in [0.2, 0.25) is 0 Å². The molecule has 1 atom stereocenters. The van der Waals surface area contributed by atoms with E-state index in [0.29, 0.717) is 45.7 Å². The molecule has 2 bridgehead atoms. The topological polar surface area (TPSA) is 128 Å². The van der Waals surface area contributed by atoms with Gasteiger partial charge in [-0.15, -0.1) is 0 Å². The average Bonchev–Trinajstić information content (AvgIpc) is 3.09. The molecule has 0 saturated heterocycles. The van der Waals surface area contributed by atoms with Crippen LogP contribution < -0.4 is 16.2 Å². The third kappa shape index (κ3) is 3.56. The van der Waals surface area contributed by atoms with Crippen LogP contribution in [0.3, 0.4) is 0 Å². The van der Waals surface area contributed by atoms with Crippen molar-refractivity contribution in [3.8, 4) is 22.9 Å². The Labute approximate surface area is 184 Å². The zero-order valence-corrected chi connectivity index (χ0v) is 17.9. The van der Waals surface area contributed by atoms with E-state index < -0.39 is 11.9 Å². The molecule has 4 rings (SSSR count). The number of benzene rings is 1. The molecule has 9 heteroatoms. The van der Waals surface area contributed by atoms with Gasteiger partial charge in [0.1, 0.15) is 18.0 Å². The molecule has 8 nitrogen and oxygen atoms in total. The number of hydrogen-bond acceptors (Lipinski definition) is 7. The first kappa shape index (κ1) is 21.1. The summed E-state index contributed by atoms with van der Waals surface area (Å²) >= 11 is 0. The SMILES string of the molecule is CN=CC1=C(N)c2ccc(F)cc2C(C)Oc2cc(cnc2N)-c2c(C#N)nn(C)c2C1. The van der Waals surface area contributed by atoms with Crippen LogP contribution in [0.5, 0.6) is 5.75 Å². The van der Waals surface area contributed by atoms with Crippen molar-refractivity contribution in [1.82, 2.24) is 14.8 Å². The second-order valence-corrected chi connectivity index (χ2v) is 7.51. The molecule has 0 aliphatic carbocycles. The number of nitrogen functional groups attached to an aromatic ring is 1. The van der Waals surface area contributed by atoms with Gasteiger partial charge in [0.2, 0.25) is 0 Å². The van der Waals surface area contributed by atoms with Crippen molar-refractivity contribution in [2.24, 2.45) is 17.8 Å². The van der Waals surface area contributed by atoms with Crippen LogP contribution in [0.25, 0.3) is 16.8 Å². The van der Waals surface area contributed by atoms with Crippen LogP contribution in [-0.2, 0) is 13.5 Å². The van der Waals surface area contributed by atoms with E-state index in [9.17, 15) is 9.65 Å². The summed E-state index contributed by atoms with van der Waals surface area (Å²) in [6.07, 6.45) is 3.00. The van der Waals surface area contributed by atoms with Crippen molar-refractivity contribution in [3.05, 3.63) is 64.4 Å². The molecule has 3 aromatic rings. The Morgan fingerprint density at radius 2 is 2.12 bits per heavy atom. The molecule has 1 aliphatic rings. The van der Waals surface area contributed by atoms with Crippen LogP contribution in [0, 0.1) is 17.1 Å². The van der Waals surface area contributed by atoms with Gasteiger partial charge < -0.3 is 16.2 Å². The van der Waals surface area contributed by atoms with Gasteiger partial charge in [-0.1, -0.05) is 0 Å². The predicted octanol–water partition coefficient (Wildman–Crippen LogP) is 3.14. The molecule has 0 fully saturated rings. The third-order valence-corrected chi connectivity index (χ3v) is 5.48. The first-order valence-corrected chi connectivity index (χ1v) is 9.93. The smallest absolute Gasteiger partial charge is 0.170 e. The summed E-state index contributed by atoms with van der Waals surface area (Å²) in [7, 11) is 3.41. The molecule has 2 aromatic heterocycles. The zero-order valence-electron chi connectivity index (χ0n) is 17.9. The molecule has 162 valence electrons. The maximum absolute atomic E-state index is 14.2. The van der Waals surface area contributed by atoms with Crippen LogP contribution in [0.1, 0.15) is 35.5 Å². The fourth-order valence-corrected chi connectivity index (χ4v) is 3.92. The molecule has 0 radical (unpaired) electrons. The second kappa shape index (κ2) is 8.15. The lowest BCUT2D eigenvalue weighted by Gasteiger charge is -2.22. The Kier molecular flexibility index (Phi) is 5.36. The zero-order chi connectivity index (χ0) is 23.0. The number of aromatic nitrogens is 3. The van der Waals surface area contributed by atoms with E-state index in [1.54, 1.807) is 50.2 Å². The summed E-state index contributed by atoms with van der Waals surface area (Å²) in [5.74, 6) is 0.0986. The van der Waals surface area contributed by atoms with Crippen molar-refractivity contribution in [2.45, 2.75) is 19.4 Å². The lowest BCUT2D eigenvalue weighted by Crippen LogP contribution is -2.14. The number of hydrogen-bond donors (Lipinski definition) is 2. The Morgan fingerprint density at radius 1 is 1.34 bits per heavy atom. The number of pyridine rings is 1. The number of nitrogens with two attached hydrogens (primary N) is 2. The number of rotatable bonds is 1. The summed E-state index contributed by atoms with van der Waals surface area (Å²) in [6, 6.07) is 8.24. The molecule has 0 spiro atoms. The minimum atomic E-state index is -0.582. The Morgan fingerprint density at radius 3 is 2.84 bits per heavy atom. The number of fused-ring (bicyclic) bond motifs is 5. The second-order valence-electron chi connectivity index (χ2n) is 7.51. The summed E-state index contributed by atoms with van der Waals surface area (Å²) in [6.45, 7) is 1.78. The number of aliphatic imine (C=N–C) groups is 1. The standard InChI is InChI=1S/C23H22FN7O/c1-12-17-8-15(24)4-5-16(17)22(26)14(10-28-2)6-19-21(18(9-25)30-31(19)3)13-7-20(32-12)23(27)29-11-13/h4-5,7-8,10-12H,6,26H2,1-3H3,(H2,27,29). The number of anilines is 1. The third-order valence-electron chi connectivity index (χ3n) is 5.48. The fourth-order valence-electron chi connectivity index (χ4n) is 3.92. The molecule has 1 unspecified atom stereocenters. The highest BCUT2D eigenvalue weighted by Gasteiger charge is 2.24. The van der Waals surface area contributed by atoms with E-state index in [1.165, 1.54) is 12.1 Å². The summed E-state index contributed by atoms with van der Waals surface area (Å²) in [5, 5.41) is 14.1. The van der Waals surface area contributed by atoms with Gasteiger partial charge in [-0.2, -0.15) is 10.4 Å². The minimum Gasteiger partial charge on any atom is -0.482 e. The van der Waals surface area contributed by atoms with E-state index in [2.05, 4.69) is 21.1 Å². The van der Waals surface area contributed by atoms with E-state index in [-0.39, 0.29) is 11.5 Å². The van der Waals surface area contributed by atoms with Crippen LogP contribution in [-0.4, -0.2) is 28.0 Å². The number of allylic oxidation sites excluding steroid dienone is 1. The molecule has 4 N–H and O–H groups in total. The highest BCUT2D eigenvalue weighted by Crippen LogP contribution is 2.37. The van der Waals surface area contributed by atoms with Crippen LogP contribution in [0.15, 0.2) is 41.0 Å². The number of ether oxygens (including phenoxy) is 1. The highest BCUT2D eigenvalue weighted by atomic mass is 19.1. The van der Waals surface area contributed by atoms with Gasteiger partial charge in [-0.25, -0.2) is 9.37 Å². The van der Waals surface area contributed by atoms with Crippen molar-refractivity contribution < 1.29 is 9.13 Å². The van der Waals surface area contributed by atoms with Gasteiger partial charge in [-0.05, 0) is 36.8 Å². The van der Waals surface area contributed by atoms with Crippen molar-refractivity contribution in [2.75, 3.05) is 12.8 Å². The van der Waals surface area contributed by atoms with Gasteiger partial charge >= 0.3 is 0 Å². The first-order chi connectivity index (χ1) is 15.3. The molecule has 1 aliphatic heterocycles. The van der Waals surface area contributed by atoms with Gasteiger partial charge in [0, 0.05) is 60.9 Å². The normalized spacial score (nSPS) is 15.9. The monoisotopic (exact) mass is 431 g/mol. The first-order valence-electron chi connectivity index (χ1n) is 9.93. The highest BCUT2D eigenvalue weighted by molar-refractivity contribution is 5.92. The van der Waals surface area contributed by atoms with E-state index in [4.69, 9.17) is 16.2 Å². The maximum Gasteiger partial charge on any atom is 0.170 e. The van der Waals surface area contributed by atoms with Gasteiger partial charge in [-0.3, -0.25) is 9.67 Å². The summed E-state index contributed by atoms with van der Waals surface area (Å²) < 4.78 is 21.9. The van der Waals surface area contributed by atoms with Gasteiger partial charge in [0.15, 0.2) is 17.3 Å². The molecular formula is C23H22FN7O. The van der Waals surface area contributed by atoms with E-state index in [0.717, 1.165) is 5.69 Å². The Balaban J connectivity index is 2.08. The van der Waals surface area contributed by atoms with Crippen molar-refractivity contribution in [3.63, 3.8) is 0 Å². The Hall–Kier alpha value is -4.19. The molecule has 1 aromatic carbocycles. The van der Waals surface area contributed by atoms with Gasteiger partial charge in [0.25, 0.3) is 0 Å². The maximum atomic E-state index is 14.2. The fraction of sp³-hybridized carbons (Fsp3) is 0.217. The molecule has 0 amide bonds. The Bertz CT molecular complexity index is 1320. The quantitative estimate of drug-likeness (QED) is 0.570. The summed E-state index contributed by atoms with van der Waals surface area (Å²) in [4.78, 5) is 8.42. The number of nitriles is 1. The lowest BCUT2D eigenvalue weighted by atomic mass is 9.94.